The van der Waals surface area contributed by atoms with Crippen molar-refractivity contribution in [3.05, 3.63) is 23.3 Å². The number of thiophene rings is 1. The van der Waals surface area contributed by atoms with Crippen molar-refractivity contribution in [2.45, 2.75) is 6.54 Å². The zero-order chi connectivity index (χ0) is 19.6. The molecule has 0 amide bonds. The zero-order valence-corrected chi connectivity index (χ0v) is 17.0. The highest BCUT2D eigenvalue weighted by atomic mass is 32.1. The first-order chi connectivity index (χ1) is 14.3. The third-order valence-corrected chi connectivity index (χ3v) is 6.34. The van der Waals surface area contributed by atoms with Gasteiger partial charge >= 0.3 is 0 Å². The number of aromatic nitrogens is 4. The molecule has 2 fully saturated rings. The minimum Gasteiger partial charge on any atom is -0.378 e. The Morgan fingerprint density at radius 1 is 1.07 bits per heavy atom. The summed E-state index contributed by atoms with van der Waals surface area (Å²) in [7, 11) is 0. The van der Waals surface area contributed by atoms with Gasteiger partial charge in [-0.15, -0.1) is 11.3 Å². The molecule has 0 spiro atoms. The second kappa shape index (κ2) is 8.15. The molecule has 3 N–H and O–H groups in total. The summed E-state index contributed by atoms with van der Waals surface area (Å²) in [5.41, 5.74) is 7.39. The Hall–Kier alpha value is -2.40. The highest BCUT2D eigenvalue weighted by molar-refractivity contribution is 7.19. The maximum Gasteiger partial charge on any atom is 0.219 e. The maximum absolute atomic E-state index is 5.64. The van der Waals surface area contributed by atoms with Crippen LogP contribution in [0, 0.1) is 0 Å². The Balaban J connectivity index is 1.54. The number of nitrogen functional groups attached to an aromatic ring is 1. The molecule has 0 aliphatic carbocycles. The van der Waals surface area contributed by atoms with Crippen LogP contribution in [0.5, 0.6) is 0 Å². The molecule has 0 bridgehead atoms. The molecule has 5 rings (SSSR count). The van der Waals surface area contributed by atoms with Gasteiger partial charge in [-0.3, -0.25) is 4.90 Å². The van der Waals surface area contributed by atoms with Crippen molar-refractivity contribution in [1.82, 2.24) is 30.2 Å². The van der Waals surface area contributed by atoms with E-state index in [1.807, 2.05) is 0 Å². The van der Waals surface area contributed by atoms with Crippen LogP contribution < -0.4 is 16.0 Å². The molecule has 3 aromatic heterocycles. The van der Waals surface area contributed by atoms with Gasteiger partial charge in [0.1, 0.15) is 0 Å². The molecule has 152 valence electrons. The molecule has 0 saturated carbocycles. The number of hydrogen-bond donors (Lipinski definition) is 2. The highest BCUT2D eigenvalue weighted by Crippen LogP contribution is 2.34. The fourth-order valence-electron chi connectivity index (χ4n) is 3.70. The van der Waals surface area contributed by atoms with E-state index in [9.17, 15) is 0 Å². The molecule has 9 nitrogen and oxygen atoms in total. The number of anilines is 2. The number of nitrogens with zero attached hydrogens (tertiary/aromatic N) is 6. The number of nitrogens with two attached hydrogens (primary N) is 1. The van der Waals surface area contributed by atoms with Gasteiger partial charge in [-0.25, -0.2) is 19.9 Å². The summed E-state index contributed by atoms with van der Waals surface area (Å²) in [6, 6.07) is 2.20. The molecule has 0 atom stereocenters. The lowest BCUT2D eigenvalue weighted by atomic mass is 10.3. The minimum atomic E-state index is 0.247. The standard InChI is InChI=1S/C19H24N8OS/c20-19-22-10-13(11-23-19)17-24-15-9-14(12-26-3-1-21-2-4-26)29-16(15)18(25-17)27-5-7-28-8-6-27/h9-11,21H,1-8,12H2,(H2,20,22,23). The monoisotopic (exact) mass is 412 g/mol. The average Bonchev–Trinajstić information content (AvgIpc) is 3.17. The molecule has 5 heterocycles. The first kappa shape index (κ1) is 18.6. The molecule has 0 radical (unpaired) electrons. The number of fused-ring (bicyclic) bond motifs is 1. The van der Waals surface area contributed by atoms with Gasteiger partial charge < -0.3 is 20.7 Å². The number of nitrogens with one attached hydrogen (secondary N) is 1. The Kier molecular flexibility index (Phi) is 5.23. The Morgan fingerprint density at radius 3 is 2.59 bits per heavy atom. The zero-order valence-electron chi connectivity index (χ0n) is 16.2. The van der Waals surface area contributed by atoms with Gasteiger partial charge in [-0.2, -0.15) is 0 Å². The van der Waals surface area contributed by atoms with Crippen LogP contribution in [0.25, 0.3) is 21.6 Å². The van der Waals surface area contributed by atoms with Gasteiger partial charge in [0.2, 0.25) is 5.95 Å². The van der Waals surface area contributed by atoms with Gasteiger partial charge in [-0.05, 0) is 6.07 Å². The van der Waals surface area contributed by atoms with E-state index in [-0.39, 0.29) is 5.95 Å². The highest BCUT2D eigenvalue weighted by Gasteiger charge is 2.21. The summed E-state index contributed by atoms with van der Waals surface area (Å²) in [5.74, 6) is 1.85. The van der Waals surface area contributed by atoms with Gasteiger partial charge in [0.15, 0.2) is 11.6 Å². The molecule has 0 aromatic carbocycles. The van der Waals surface area contributed by atoms with Crippen LogP contribution in [0.3, 0.4) is 0 Å². The van der Waals surface area contributed by atoms with Crippen LogP contribution in [0.1, 0.15) is 4.88 Å². The van der Waals surface area contributed by atoms with Crippen molar-refractivity contribution in [3.63, 3.8) is 0 Å². The van der Waals surface area contributed by atoms with E-state index in [0.29, 0.717) is 19.0 Å². The third kappa shape index (κ3) is 4.01. The van der Waals surface area contributed by atoms with Crippen LogP contribution in [-0.4, -0.2) is 77.3 Å². The van der Waals surface area contributed by atoms with E-state index in [0.717, 1.165) is 67.4 Å². The van der Waals surface area contributed by atoms with Crippen molar-refractivity contribution in [2.75, 3.05) is 63.1 Å². The van der Waals surface area contributed by atoms with Crippen LogP contribution in [0.2, 0.25) is 0 Å². The Morgan fingerprint density at radius 2 is 1.83 bits per heavy atom. The van der Waals surface area contributed by atoms with Crippen LogP contribution in [0.15, 0.2) is 18.5 Å². The van der Waals surface area contributed by atoms with Gasteiger partial charge in [0, 0.05) is 63.1 Å². The van der Waals surface area contributed by atoms with E-state index in [2.05, 4.69) is 31.2 Å². The van der Waals surface area contributed by atoms with E-state index in [1.54, 1.807) is 23.7 Å². The first-order valence-electron chi connectivity index (χ1n) is 9.90. The lowest BCUT2D eigenvalue weighted by molar-refractivity contribution is 0.122. The molecule has 10 heteroatoms. The lowest BCUT2D eigenvalue weighted by Gasteiger charge is -2.28. The summed E-state index contributed by atoms with van der Waals surface area (Å²) in [6.45, 7) is 8.27. The van der Waals surface area contributed by atoms with Gasteiger partial charge in [0.05, 0.1) is 29.0 Å². The maximum atomic E-state index is 5.64. The molecule has 2 aliphatic rings. The third-order valence-electron chi connectivity index (χ3n) is 5.23. The topological polar surface area (TPSA) is 105 Å². The van der Waals surface area contributed by atoms with E-state index < -0.39 is 0 Å². The Bertz CT molecular complexity index is 980. The number of morpholine rings is 1. The fourth-order valence-corrected chi connectivity index (χ4v) is 4.86. The lowest BCUT2D eigenvalue weighted by Crippen LogP contribution is -2.42. The van der Waals surface area contributed by atoms with Crippen molar-refractivity contribution >= 4 is 33.3 Å². The van der Waals surface area contributed by atoms with Crippen LogP contribution in [-0.2, 0) is 11.3 Å². The van der Waals surface area contributed by atoms with Gasteiger partial charge in [-0.1, -0.05) is 0 Å². The molecule has 0 unspecified atom stereocenters. The molecule has 2 saturated heterocycles. The Labute approximate surface area is 172 Å². The van der Waals surface area contributed by atoms with E-state index in [1.165, 1.54) is 4.88 Å². The molecular formula is C19H24N8OS. The summed E-state index contributed by atoms with van der Waals surface area (Å²) in [5, 5.41) is 3.41. The summed E-state index contributed by atoms with van der Waals surface area (Å²) >= 11 is 1.80. The summed E-state index contributed by atoms with van der Waals surface area (Å²) in [6.07, 6.45) is 3.36. The normalized spacial score (nSPS) is 18.4. The second-order valence-electron chi connectivity index (χ2n) is 7.25. The SMILES string of the molecule is Nc1ncc(-c2nc(N3CCOCC3)c3sc(CN4CCNCC4)cc3n2)cn1. The van der Waals surface area contributed by atoms with Gasteiger partial charge in [0.25, 0.3) is 0 Å². The van der Waals surface area contributed by atoms with Crippen LogP contribution in [0.4, 0.5) is 11.8 Å². The number of piperazine rings is 1. The summed E-state index contributed by atoms with van der Waals surface area (Å²) < 4.78 is 6.68. The predicted octanol–water partition coefficient (Wildman–Crippen LogP) is 0.972. The smallest absolute Gasteiger partial charge is 0.219 e. The quantitative estimate of drug-likeness (QED) is 0.648. The molecule has 3 aromatic rings. The number of ether oxygens (including phenoxy) is 1. The largest absolute Gasteiger partial charge is 0.378 e. The molecule has 29 heavy (non-hydrogen) atoms. The minimum absolute atomic E-state index is 0.247. The summed E-state index contributed by atoms with van der Waals surface area (Å²) in [4.78, 5) is 24.0. The van der Waals surface area contributed by atoms with Crippen molar-refractivity contribution in [1.29, 1.82) is 0 Å². The fraction of sp³-hybridized carbons (Fsp3) is 0.474. The first-order valence-corrected chi connectivity index (χ1v) is 10.7. The van der Waals surface area contributed by atoms with Crippen molar-refractivity contribution < 1.29 is 4.74 Å². The van der Waals surface area contributed by atoms with Crippen LogP contribution >= 0.6 is 11.3 Å². The molecular weight excluding hydrogens is 388 g/mol. The average molecular weight is 413 g/mol. The van der Waals surface area contributed by atoms with Crippen molar-refractivity contribution in [3.8, 4) is 11.4 Å². The number of hydrogen-bond acceptors (Lipinski definition) is 10. The van der Waals surface area contributed by atoms with Crippen molar-refractivity contribution in [2.24, 2.45) is 0 Å². The van der Waals surface area contributed by atoms with E-state index in [4.69, 9.17) is 20.4 Å². The molecule has 2 aliphatic heterocycles. The number of rotatable bonds is 4. The predicted molar refractivity (Wildman–Crippen MR) is 114 cm³/mol. The second-order valence-corrected chi connectivity index (χ2v) is 8.39. The van der Waals surface area contributed by atoms with E-state index >= 15 is 0 Å².